The fraction of sp³-hybridized carbons (Fsp3) is 0.583. The first-order valence-electron chi connectivity index (χ1n) is 11.8. The molecule has 2 saturated heterocycles. The molecule has 3 fully saturated rings. The third-order valence-electron chi connectivity index (χ3n) is 7.57. The number of hydrogen-bond acceptors (Lipinski definition) is 7. The van der Waals surface area contributed by atoms with Crippen LogP contribution in [0.25, 0.3) is 10.2 Å². The summed E-state index contributed by atoms with van der Waals surface area (Å²) < 4.78 is 6.49. The molecule has 182 valence electrons. The number of nitrogens with two attached hydrogens (primary N) is 1. The normalized spacial score (nSPS) is 32.4. The van der Waals surface area contributed by atoms with E-state index in [0.29, 0.717) is 5.56 Å². The molecular weight excluding hydrogens is 476 g/mol. The minimum Gasteiger partial charge on any atom is -0.370 e. The van der Waals surface area contributed by atoms with Crippen molar-refractivity contribution in [1.82, 2.24) is 15.2 Å². The van der Waals surface area contributed by atoms with E-state index in [1.165, 1.54) is 11.3 Å². The number of carbonyl (C=O) groups is 3. The van der Waals surface area contributed by atoms with Crippen molar-refractivity contribution in [3.05, 3.63) is 29.3 Å². The summed E-state index contributed by atoms with van der Waals surface area (Å²) >= 11 is 8.07. The van der Waals surface area contributed by atoms with Gasteiger partial charge in [-0.1, -0.05) is 0 Å². The van der Waals surface area contributed by atoms with E-state index in [9.17, 15) is 14.4 Å². The Bertz CT molecular complexity index is 1100. The fourth-order valence-corrected chi connectivity index (χ4v) is 6.87. The second-order valence-electron chi connectivity index (χ2n) is 9.67. The van der Waals surface area contributed by atoms with E-state index in [4.69, 9.17) is 22.1 Å². The monoisotopic (exact) mass is 504 g/mol. The Balaban J connectivity index is 1.41. The number of carbonyl (C=O) groups excluding carboxylic acids is 3. The average Bonchev–Trinajstić information content (AvgIpc) is 3.44. The number of amides is 2. The number of likely N-dealkylation sites (tertiary alicyclic amines) is 1. The number of Topliss-reactive ketones (excluding diaryl/α,β-unsaturated/α-hetero) is 1. The van der Waals surface area contributed by atoms with Gasteiger partial charge in [0, 0.05) is 24.1 Å². The largest absolute Gasteiger partial charge is 0.370 e. The molecule has 10 heteroatoms. The lowest BCUT2D eigenvalue weighted by Crippen LogP contribution is -2.58. The summed E-state index contributed by atoms with van der Waals surface area (Å²) in [6.07, 6.45) is 2.86. The van der Waals surface area contributed by atoms with Crippen LogP contribution >= 0.6 is 22.9 Å². The quantitative estimate of drug-likeness (QED) is 0.617. The minimum atomic E-state index is -0.745. The number of alkyl halides is 1. The van der Waals surface area contributed by atoms with Gasteiger partial charge in [0.2, 0.25) is 5.91 Å². The SMILES string of the molecule is CC1OCC(=O)[C@@H]2[C@H]1[C@@H](Cl)CN2C(=O)[C@@H](NC(=O)c1ccc2ncsc2c1)C1CCC(N)CC1. The number of nitrogens with zero attached hydrogens (tertiary/aromatic N) is 2. The van der Waals surface area contributed by atoms with E-state index in [0.717, 1.165) is 35.9 Å². The van der Waals surface area contributed by atoms with E-state index in [1.807, 2.05) is 13.0 Å². The van der Waals surface area contributed by atoms with Crippen LogP contribution < -0.4 is 11.1 Å². The second kappa shape index (κ2) is 9.53. The number of rotatable bonds is 4. The van der Waals surface area contributed by atoms with Crippen molar-refractivity contribution in [2.24, 2.45) is 17.6 Å². The number of halogens is 1. The third kappa shape index (κ3) is 4.34. The molecule has 3 heterocycles. The summed E-state index contributed by atoms with van der Waals surface area (Å²) in [6.45, 7) is 2.13. The summed E-state index contributed by atoms with van der Waals surface area (Å²) in [7, 11) is 0. The van der Waals surface area contributed by atoms with Crippen LogP contribution in [0.5, 0.6) is 0 Å². The Kier molecular flexibility index (Phi) is 6.63. The highest BCUT2D eigenvalue weighted by Crippen LogP contribution is 2.37. The number of benzene rings is 1. The van der Waals surface area contributed by atoms with Gasteiger partial charge >= 0.3 is 0 Å². The molecule has 1 aliphatic carbocycles. The molecule has 3 N–H and O–H groups in total. The first-order valence-corrected chi connectivity index (χ1v) is 13.1. The van der Waals surface area contributed by atoms with Crippen molar-refractivity contribution in [3.63, 3.8) is 0 Å². The average molecular weight is 505 g/mol. The zero-order valence-electron chi connectivity index (χ0n) is 19.0. The topological polar surface area (TPSA) is 115 Å². The molecule has 1 saturated carbocycles. The predicted octanol–water partition coefficient (Wildman–Crippen LogP) is 2.33. The van der Waals surface area contributed by atoms with Gasteiger partial charge in [0.1, 0.15) is 12.6 Å². The van der Waals surface area contributed by atoms with E-state index in [-0.39, 0.29) is 60.1 Å². The maximum absolute atomic E-state index is 13.9. The van der Waals surface area contributed by atoms with Gasteiger partial charge in [-0.2, -0.15) is 0 Å². The number of fused-ring (bicyclic) bond motifs is 2. The van der Waals surface area contributed by atoms with Gasteiger partial charge in [-0.3, -0.25) is 14.4 Å². The summed E-state index contributed by atoms with van der Waals surface area (Å²) in [5, 5.41) is 2.64. The van der Waals surface area contributed by atoms with Crippen LogP contribution in [0.2, 0.25) is 0 Å². The van der Waals surface area contributed by atoms with Crippen molar-refractivity contribution in [2.75, 3.05) is 13.2 Å². The summed E-state index contributed by atoms with van der Waals surface area (Å²) in [5.41, 5.74) is 9.16. The molecule has 1 aromatic heterocycles. The Hall–Kier alpha value is -2.07. The second-order valence-corrected chi connectivity index (χ2v) is 11.1. The Morgan fingerprint density at radius 1 is 1.29 bits per heavy atom. The van der Waals surface area contributed by atoms with Crippen molar-refractivity contribution in [3.8, 4) is 0 Å². The van der Waals surface area contributed by atoms with Crippen molar-refractivity contribution >= 4 is 50.8 Å². The van der Waals surface area contributed by atoms with Crippen LogP contribution in [-0.2, 0) is 14.3 Å². The van der Waals surface area contributed by atoms with Crippen molar-refractivity contribution in [1.29, 1.82) is 0 Å². The van der Waals surface area contributed by atoms with Crippen molar-refractivity contribution < 1.29 is 19.1 Å². The van der Waals surface area contributed by atoms with Gasteiger partial charge in [-0.05, 0) is 56.7 Å². The van der Waals surface area contributed by atoms with Gasteiger partial charge in [0.15, 0.2) is 5.78 Å². The molecule has 34 heavy (non-hydrogen) atoms. The van der Waals surface area contributed by atoms with Crippen LogP contribution in [0.4, 0.5) is 0 Å². The van der Waals surface area contributed by atoms with Crippen LogP contribution in [0.1, 0.15) is 43.0 Å². The number of nitrogens with one attached hydrogen (secondary N) is 1. The van der Waals surface area contributed by atoms with Crippen molar-refractivity contribution in [2.45, 2.75) is 62.2 Å². The Morgan fingerprint density at radius 2 is 2.06 bits per heavy atom. The van der Waals surface area contributed by atoms with Gasteiger partial charge in [-0.25, -0.2) is 4.98 Å². The van der Waals surface area contributed by atoms with Crippen LogP contribution in [0, 0.1) is 11.8 Å². The molecule has 5 rings (SSSR count). The Labute approximate surface area is 207 Å². The molecule has 8 nitrogen and oxygen atoms in total. The molecular formula is C24H29ClN4O4S. The molecule has 0 radical (unpaired) electrons. The lowest BCUT2D eigenvalue weighted by Gasteiger charge is -2.38. The van der Waals surface area contributed by atoms with E-state index in [1.54, 1.807) is 22.5 Å². The van der Waals surface area contributed by atoms with Gasteiger partial charge in [0.25, 0.3) is 5.91 Å². The molecule has 3 aliphatic rings. The smallest absolute Gasteiger partial charge is 0.251 e. The van der Waals surface area contributed by atoms with Gasteiger partial charge in [-0.15, -0.1) is 22.9 Å². The highest BCUT2D eigenvalue weighted by atomic mass is 35.5. The number of ketones is 1. The number of thiazole rings is 1. The van der Waals surface area contributed by atoms with E-state index >= 15 is 0 Å². The summed E-state index contributed by atoms with van der Waals surface area (Å²) in [5.74, 6) is -0.993. The Morgan fingerprint density at radius 3 is 2.82 bits per heavy atom. The molecule has 0 bridgehead atoms. The molecule has 2 aromatic rings. The highest BCUT2D eigenvalue weighted by Gasteiger charge is 2.53. The predicted molar refractivity (Wildman–Crippen MR) is 130 cm³/mol. The van der Waals surface area contributed by atoms with Gasteiger partial charge in [0.05, 0.1) is 33.3 Å². The maximum atomic E-state index is 13.9. The highest BCUT2D eigenvalue weighted by molar-refractivity contribution is 7.16. The first kappa shape index (κ1) is 23.7. The summed E-state index contributed by atoms with van der Waals surface area (Å²) in [4.78, 5) is 45.8. The lowest BCUT2D eigenvalue weighted by molar-refractivity contribution is -0.150. The number of hydrogen-bond donors (Lipinski definition) is 2. The standard InChI is InChI=1S/C24H29ClN4O4S/c1-12-20-16(25)9-29(22(20)18(30)10-33-12)24(32)21(13-2-5-15(26)6-3-13)28-23(31)14-4-7-17-19(8-14)34-11-27-17/h4,7-8,11-13,15-16,20-22H,2-3,5-6,9-10,26H2,1H3,(H,28,31)/t12?,13?,15?,16-,20+,21-,22+/m0/s1. The molecule has 2 aliphatic heterocycles. The molecule has 5 atom stereocenters. The zero-order chi connectivity index (χ0) is 24.0. The molecule has 0 spiro atoms. The lowest BCUT2D eigenvalue weighted by atomic mass is 9.81. The summed E-state index contributed by atoms with van der Waals surface area (Å²) in [6, 6.07) is 4.08. The maximum Gasteiger partial charge on any atom is 0.251 e. The first-order chi connectivity index (χ1) is 16.3. The molecule has 1 aromatic carbocycles. The van der Waals surface area contributed by atoms with Crippen LogP contribution in [-0.4, -0.2) is 70.2 Å². The fourth-order valence-electron chi connectivity index (χ4n) is 5.66. The van der Waals surface area contributed by atoms with E-state index in [2.05, 4.69) is 10.3 Å². The van der Waals surface area contributed by atoms with E-state index < -0.39 is 12.1 Å². The van der Waals surface area contributed by atoms with Crippen LogP contribution in [0.15, 0.2) is 23.7 Å². The zero-order valence-corrected chi connectivity index (χ0v) is 20.6. The molecule has 1 unspecified atom stereocenters. The molecule has 2 amide bonds. The number of ether oxygens (including phenoxy) is 1. The van der Waals surface area contributed by atoms with Crippen LogP contribution in [0.3, 0.4) is 0 Å². The third-order valence-corrected chi connectivity index (χ3v) is 8.79. The minimum absolute atomic E-state index is 0.0279. The van der Waals surface area contributed by atoms with Gasteiger partial charge < -0.3 is 20.7 Å². The number of aromatic nitrogens is 1.